The zero-order valence-corrected chi connectivity index (χ0v) is 9.98. The van der Waals surface area contributed by atoms with E-state index in [1.54, 1.807) is 4.72 Å². The third-order valence-electron chi connectivity index (χ3n) is 2.05. The number of nitrogens with one attached hydrogen (secondary N) is 2. The molecule has 0 aliphatic rings. The quantitative estimate of drug-likeness (QED) is 0.556. The van der Waals surface area contributed by atoms with E-state index in [-0.39, 0.29) is 13.1 Å². The SMILES string of the molecule is O=S(=O)([O-])NCC(O)CNCc1ccccc1. The van der Waals surface area contributed by atoms with Crippen LogP contribution in [-0.4, -0.2) is 37.3 Å². The van der Waals surface area contributed by atoms with Crippen LogP contribution >= 0.6 is 0 Å². The van der Waals surface area contributed by atoms with E-state index in [4.69, 9.17) is 0 Å². The number of hydrogen-bond acceptors (Lipinski definition) is 5. The molecule has 3 N–H and O–H groups in total. The predicted octanol–water partition coefficient (Wildman–Crippen LogP) is -0.813. The Labute approximate surface area is 101 Å². The first-order valence-corrected chi connectivity index (χ1v) is 6.51. The molecule has 0 saturated carbocycles. The number of benzene rings is 1. The Bertz CT molecular complexity index is 421. The fourth-order valence-corrected chi connectivity index (χ4v) is 1.65. The molecular formula is C10H15N2O4S-. The minimum atomic E-state index is -4.48. The van der Waals surface area contributed by atoms with E-state index < -0.39 is 16.4 Å². The van der Waals surface area contributed by atoms with Gasteiger partial charge in [0.1, 0.15) is 0 Å². The van der Waals surface area contributed by atoms with E-state index >= 15 is 0 Å². The number of aliphatic hydroxyl groups is 1. The molecule has 0 aromatic heterocycles. The van der Waals surface area contributed by atoms with Crippen LogP contribution in [0.1, 0.15) is 5.56 Å². The van der Waals surface area contributed by atoms with Gasteiger partial charge in [0.2, 0.25) is 0 Å². The maximum atomic E-state index is 10.2. The van der Waals surface area contributed by atoms with Crippen molar-refractivity contribution in [3.8, 4) is 0 Å². The van der Waals surface area contributed by atoms with Crippen LogP contribution in [0, 0.1) is 0 Å². The third-order valence-corrected chi connectivity index (χ3v) is 2.57. The summed E-state index contributed by atoms with van der Waals surface area (Å²) in [7, 11) is -4.48. The lowest BCUT2D eigenvalue weighted by molar-refractivity contribution is 0.173. The van der Waals surface area contributed by atoms with Crippen molar-refractivity contribution in [1.82, 2.24) is 10.0 Å². The van der Waals surface area contributed by atoms with Gasteiger partial charge in [-0.15, -0.1) is 0 Å². The van der Waals surface area contributed by atoms with Crippen LogP contribution in [0.2, 0.25) is 0 Å². The summed E-state index contributed by atoms with van der Waals surface area (Å²) < 4.78 is 32.4. The van der Waals surface area contributed by atoms with Gasteiger partial charge >= 0.3 is 0 Å². The molecule has 17 heavy (non-hydrogen) atoms. The zero-order valence-electron chi connectivity index (χ0n) is 9.17. The molecule has 6 nitrogen and oxygen atoms in total. The Kier molecular flexibility index (Phi) is 5.52. The minimum Gasteiger partial charge on any atom is -0.735 e. The van der Waals surface area contributed by atoms with Crippen molar-refractivity contribution in [3.63, 3.8) is 0 Å². The lowest BCUT2D eigenvalue weighted by Crippen LogP contribution is -2.37. The molecule has 1 aromatic carbocycles. The lowest BCUT2D eigenvalue weighted by Gasteiger charge is -2.14. The van der Waals surface area contributed by atoms with Gasteiger partial charge in [-0.3, -0.25) is 0 Å². The molecule has 1 aromatic rings. The largest absolute Gasteiger partial charge is 0.735 e. The highest BCUT2D eigenvalue weighted by Crippen LogP contribution is 1.96. The highest BCUT2D eigenvalue weighted by atomic mass is 32.2. The van der Waals surface area contributed by atoms with Gasteiger partial charge in [0.25, 0.3) is 0 Å². The second kappa shape index (κ2) is 6.67. The van der Waals surface area contributed by atoms with Crippen LogP contribution in [0.15, 0.2) is 30.3 Å². The molecule has 0 spiro atoms. The molecule has 0 saturated heterocycles. The van der Waals surface area contributed by atoms with E-state index in [0.29, 0.717) is 6.54 Å². The van der Waals surface area contributed by atoms with Gasteiger partial charge in [0, 0.05) is 19.6 Å². The number of hydrogen-bond donors (Lipinski definition) is 3. The van der Waals surface area contributed by atoms with Gasteiger partial charge in [-0.1, -0.05) is 30.3 Å². The highest BCUT2D eigenvalue weighted by molar-refractivity contribution is 7.83. The Morgan fingerprint density at radius 2 is 1.88 bits per heavy atom. The molecule has 0 bridgehead atoms. The standard InChI is InChI=1S/C10H16N2O4S/c13-10(8-12-17(14,15)16)7-11-6-9-4-2-1-3-5-9/h1-5,10-13H,6-8H2,(H,14,15,16)/p-1. The van der Waals surface area contributed by atoms with Crippen molar-refractivity contribution >= 4 is 10.3 Å². The van der Waals surface area contributed by atoms with Crippen molar-refractivity contribution in [3.05, 3.63) is 35.9 Å². The molecule has 1 atom stereocenters. The first kappa shape index (κ1) is 14.1. The first-order valence-electron chi connectivity index (χ1n) is 5.10. The van der Waals surface area contributed by atoms with Crippen LogP contribution < -0.4 is 10.0 Å². The molecule has 1 rings (SSSR count). The van der Waals surface area contributed by atoms with Gasteiger partial charge in [0.15, 0.2) is 10.3 Å². The fourth-order valence-electron chi connectivity index (χ4n) is 1.25. The summed E-state index contributed by atoms with van der Waals surface area (Å²) in [6, 6.07) is 9.57. The molecule has 1 unspecified atom stereocenters. The van der Waals surface area contributed by atoms with Crippen LogP contribution in [0.25, 0.3) is 0 Å². The summed E-state index contributed by atoms with van der Waals surface area (Å²) in [5, 5.41) is 12.3. The van der Waals surface area contributed by atoms with Gasteiger partial charge < -0.3 is 15.0 Å². The van der Waals surface area contributed by atoms with E-state index in [0.717, 1.165) is 5.56 Å². The minimum absolute atomic E-state index is 0.206. The van der Waals surface area contributed by atoms with Gasteiger partial charge in [-0.2, -0.15) is 0 Å². The van der Waals surface area contributed by atoms with Gasteiger partial charge in [0.05, 0.1) is 6.10 Å². The van der Waals surface area contributed by atoms with Gasteiger partial charge in [-0.25, -0.2) is 13.1 Å². The third kappa shape index (κ3) is 7.03. The lowest BCUT2D eigenvalue weighted by atomic mass is 10.2. The van der Waals surface area contributed by atoms with Crippen molar-refractivity contribution < 1.29 is 18.1 Å². The van der Waals surface area contributed by atoms with Crippen molar-refractivity contribution in [2.75, 3.05) is 13.1 Å². The first-order chi connectivity index (χ1) is 7.97. The summed E-state index contributed by atoms with van der Waals surface area (Å²) >= 11 is 0. The summed E-state index contributed by atoms with van der Waals surface area (Å²) in [6.07, 6.45) is -0.928. The maximum Gasteiger partial charge on any atom is 0.159 e. The normalized spacial score (nSPS) is 13.5. The van der Waals surface area contributed by atoms with E-state index in [1.807, 2.05) is 30.3 Å². The summed E-state index contributed by atoms with van der Waals surface area (Å²) in [6.45, 7) is 0.493. The molecule has 7 heteroatoms. The van der Waals surface area contributed by atoms with E-state index in [2.05, 4.69) is 5.32 Å². The molecule has 0 heterocycles. The molecule has 96 valence electrons. The van der Waals surface area contributed by atoms with Crippen molar-refractivity contribution in [1.29, 1.82) is 0 Å². The van der Waals surface area contributed by atoms with Gasteiger partial charge in [-0.05, 0) is 5.56 Å². The molecule has 0 fully saturated rings. The number of rotatable bonds is 7. The van der Waals surface area contributed by atoms with E-state index in [1.165, 1.54) is 0 Å². The summed E-state index contributed by atoms with van der Waals surface area (Å²) in [5.41, 5.74) is 1.06. The average Bonchev–Trinajstić information content (AvgIpc) is 2.27. The van der Waals surface area contributed by atoms with Crippen LogP contribution in [0.5, 0.6) is 0 Å². The monoisotopic (exact) mass is 259 g/mol. The zero-order chi connectivity index (χ0) is 12.7. The average molecular weight is 259 g/mol. The maximum absolute atomic E-state index is 10.2. The second-order valence-corrected chi connectivity index (χ2v) is 4.77. The molecule has 0 aliphatic carbocycles. The Morgan fingerprint density at radius 3 is 2.47 bits per heavy atom. The van der Waals surface area contributed by atoms with Crippen molar-refractivity contribution in [2.45, 2.75) is 12.6 Å². The Morgan fingerprint density at radius 1 is 1.24 bits per heavy atom. The Balaban J connectivity index is 2.18. The summed E-state index contributed by atoms with van der Waals surface area (Å²) in [5.74, 6) is 0. The molecular weight excluding hydrogens is 244 g/mol. The van der Waals surface area contributed by atoms with Crippen LogP contribution in [0.4, 0.5) is 0 Å². The Hall–Kier alpha value is -0.990. The highest BCUT2D eigenvalue weighted by Gasteiger charge is 2.04. The van der Waals surface area contributed by atoms with E-state index in [9.17, 15) is 18.1 Å². The topological polar surface area (TPSA) is 101 Å². The molecule has 0 radical (unpaired) electrons. The van der Waals surface area contributed by atoms with Crippen LogP contribution in [0.3, 0.4) is 0 Å². The summed E-state index contributed by atoms with van der Waals surface area (Å²) in [4.78, 5) is 0. The smallest absolute Gasteiger partial charge is 0.159 e. The molecule has 0 amide bonds. The van der Waals surface area contributed by atoms with Crippen molar-refractivity contribution in [2.24, 2.45) is 0 Å². The van der Waals surface area contributed by atoms with Crippen LogP contribution in [-0.2, 0) is 16.8 Å². The molecule has 0 aliphatic heterocycles. The number of aliphatic hydroxyl groups excluding tert-OH is 1. The predicted molar refractivity (Wildman–Crippen MR) is 61.9 cm³/mol. The fraction of sp³-hybridized carbons (Fsp3) is 0.400. The second-order valence-electron chi connectivity index (χ2n) is 3.57.